The number of carbonyl (C=O) groups excluding carboxylic acids is 1. The highest BCUT2D eigenvalue weighted by molar-refractivity contribution is 5.88. The summed E-state index contributed by atoms with van der Waals surface area (Å²) in [5.74, 6) is 2.09. The lowest BCUT2D eigenvalue weighted by atomic mass is 10.2. The first kappa shape index (κ1) is 19.0. The first-order chi connectivity index (χ1) is 13.1. The summed E-state index contributed by atoms with van der Waals surface area (Å²) < 4.78 is 17.6. The van der Waals surface area contributed by atoms with Gasteiger partial charge in [0.25, 0.3) is 5.88 Å². The third-order valence-electron chi connectivity index (χ3n) is 4.23. The van der Waals surface area contributed by atoms with Crippen molar-refractivity contribution in [1.29, 1.82) is 0 Å². The van der Waals surface area contributed by atoms with Crippen molar-refractivity contribution >= 4 is 11.8 Å². The van der Waals surface area contributed by atoms with Crippen molar-refractivity contribution in [2.75, 3.05) is 39.3 Å². The van der Waals surface area contributed by atoms with Crippen LogP contribution in [-0.4, -0.2) is 54.8 Å². The number of anilines is 1. The van der Waals surface area contributed by atoms with E-state index in [0.29, 0.717) is 30.6 Å². The van der Waals surface area contributed by atoms with E-state index in [-0.39, 0.29) is 6.03 Å². The summed E-state index contributed by atoms with van der Waals surface area (Å²) >= 11 is 0. The summed E-state index contributed by atoms with van der Waals surface area (Å²) in [5, 5.41) is 9.79. The van der Waals surface area contributed by atoms with Crippen LogP contribution in [0, 0.1) is 5.92 Å². The van der Waals surface area contributed by atoms with E-state index >= 15 is 0 Å². The van der Waals surface area contributed by atoms with E-state index in [9.17, 15) is 4.79 Å². The fraction of sp³-hybridized carbons (Fsp3) is 0.500. The number of rotatable bonds is 9. The first-order valence-corrected chi connectivity index (χ1v) is 8.85. The highest BCUT2D eigenvalue weighted by Gasteiger charge is 2.21. The average molecular weight is 375 g/mol. The normalized spacial score (nSPS) is 13.3. The second kappa shape index (κ2) is 8.72. The van der Waals surface area contributed by atoms with E-state index in [1.54, 1.807) is 31.1 Å². The van der Waals surface area contributed by atoms with E-state index in [2.05, 4.69) is 20.7 Å². The molecule has 2 amide bonds. The highest BCUT2D eigenvalue weighted by Crippen LogP contribution is 2.30. The van der Waals surface area contributed by atoms with Crippen molar-refractivity contribution in [2.45, 2.75) is 12.8 Å². The van der Waals surface area contributed by atoms with Gasteiger partial charge in [0.05, 0.1) is 26.5 Å². The number of pyridine rings is 1. The molecule has 0 radical (unpaired) electrons. The first-order valence-electron chi connectivity index (χ1n) is 8.85. The molecule has 1 aliphatic rings. The van der Waals surface area contributed by atoms with Crippen molar-refractivity contribution in [3.63, 3.8) is 0 Å². The zero-order valence-electron chi connectivity index (χ0n) is 15.8. The molecule has 0 aliphatic heterocycles. The monoisotopic (exact) mass is 375 g/mol. The van der Waals surface area contributed by atoms with Crippen molar-refractivity contribution in [3.8, 4) is 22.9 Å². The minimum absolute atomic E-state index is 0.319. The maximum Gasteiger partial charge on any atom is 0.320 e. The van der Waals surface area contributed by atoms with Gasteiger partial charge >= 0.3 is 6.03 Å². The molecule has 3 rings (SSSR count). The molecule has 2 aromatic heterocycles. The minimum Gasteiger partial charge on any atom is -0.491 e. The second-order valence-corrected chi connectivity index (χ2v) is 6.37. The van der Waals surface area contributed by atoms with Gasteiger partial charge in [0.2, 0.25) is 0 Å². The van der Waals surface area contributed by atoms with Crippen LogP contribution in [-0.2, 0) is 11.8 Å². The molecular weight excluding hydrogens is 350 g/mol. The number of carbonyl (C=O) groups is 1. The third kappa shape index (κ3) is 5.10. The molecule has 2 heterocycles. The largest absolute Gasteiger partial charge is 0.491 e. The van der Waals surface area contributed by atoms with Crippen molar-refractivity contribution in [1.82, 2.24) is 20.1 Å². The number of nitrogens with zero attached hydrogens (tertiary/aromatic N) is 3. The zero-order valence-corrected chi connectivity index (χ0v) is 15.8. The number of amides is 2. The molecule has 0 spiro atoms. The van der Waals surface area contributed by atoms with Gasteiger partial charge in [-0.15, -0.1) is 0 Å². The predicted molar refractivity (Wildman–Crippen MR) is 100 cm³/mol. The molecule has 9 nitrogen and oxygen atoms in total. The maximum absolute atomic E-state index is 12.0. The van der Waals surface area contributed by atoms with Crippen LogP contribution < -0.4 is 20.1 Å². The van der Waals surface area contributed by atoms with Crippen LogP contribution in [0.3, 0.4) is 0 Å². The fourth-order valence-electron chi connectivity index (χ4n) is 2.60. The number of ether oxygens (including phenoxy) is 3. The lowest BCUT2D eigenvalue weighted by Crippen LogP contribution is -2.31. The molecule has 0 saturated heterocycles. The molecule has 0 atom stereocenters. The Balaban J connectivity index is 1.56. The minimum atomic E-state index is -0.319. The lowest BCUT2D eigenvalue weighted by molar-refractivity contribution is 0.127. The Morgan fingerprint density at radius 3 is 2.81 bits per heavy atom. The molecule has 146 valence electrons. The van der Waals surface area contributed by atoms with Gasteiger partial charge in [0.15, 0.2) is 11.6 Å². The van der Waals surface area contributed by atoms with E-state index in [1.165, 1.54) is 20.0 Å². The average Bonchev–Trinajstić information content (AvgIpc) is 3.42. The number of methoxy groups -OCH3 is 2. The van der Waals surface area contributed by atoms with Gasteiger partial charge in [-0.25, -0.2) is 9.78 Å². The molecule has 0 aromatic carbocycles. The number of aryl methyl sites for hydroxylation is 1. The topological polar surface area (TPSA) is 99.5 Å². The molecule has 2 N–H and O–H groups in total. The quantitative estimate of drug-likeness (QED) is 0.651. The van der Waals surface area contributed by atoms with Gasteiger partial charge in [0, 0.05) is 38.0 Å². The predicted octanol–water partition coefficient (Wildman–Crippen LogP) is 2.05. The number of nitrogens with one attached hydrogen (secondary N) is 2. The van der Waals surface area contributed by atoms with E-state index in [0.717, 1.165) is 23.8 Å². The standard InChI is InChI=1S/C18H25N5O4/c1-23-14(13-8-15(25-2)17(26-3)20-10-13)9-16(22-23)21-18(24)19-6-7-27-11-12-4-5-12/h8-10,12H,4-7,11H2,1-3H3,(H2,19,21,22,24). The third-order valence-corrected chi connectivity index (χ3v) is 4.23. The molecule has 9 heteroatoms. The Hall–Kier alpha value is -2.81. The summed E-state index contributed by atoms with van der Waals surface area (Å²) in [6, 6.07) is 3.26. The molecule has 1 saturated carbocycles. The van der Waals surface area contributed by atoms with E-state index in [1.807, 2.05) is 6.07 Å². The molecule has 1 aliphatic carbocycles. The van der Waals surface area contributed by atoms with Crippen LogP contribution in [0.25, 0.3) is 11.3 Å². The van der Waals surface area contributed by atoms with Gasteiger partial charge in [-0.1, -0.05) is 0 Å². The summed E-state index contributed by atoms with van der Waals surface area (Å²) in [7, 11) is 4.88. The molecule has 0 bridgehead atoms. The van der Waals surface area contributed by atoms with Gasteiger partial charge in [0.1, 0.15) is 0 Å². The Labute approximate surface area is 158 Å². The smallest absolute Gasteiger partial charge is 0.320 e. The fourth-order valence-corrected chi connectivity index (χ4v) is 2.60. The van der Waals surface area contributed by atoms with Crippen molar-refractivity contribution < 1.29 is 19.0 Å². The van der Waals surface area contributed by atoms with Crippen LogP contribution in [0.5, 0.6) is 11.6 Å². The number of urea groups is 1. The van der Waals surface area contributed by atoms with Crippen LogP contribution in [0.2, 0.25) is 0 Å². The SMILES string of the molecule is COc1cc(-c2cc(NC(=O)NCCOCC3CC3)nn2C)cnc1OC. The number of hydrogen-bond acceptors (Lipinski definition) is 6. The number of hydrogen-bond donors (Lipinski definition) is 2. The van der Waals surface area contributed by atoms with Crippen LogP contribution in [0.15, 0.2) is 18.3 Å². The second-order valence-electron chi connectivity index (χ2n) is 6.37. The highest BCUT2D eigenvalue weighted by atomic mass is 16.5. The summed E-state index contributed by atoms with van der Waals surface area (Å²) in [5.41, 5.74) is 1.58. The number of aromatic nitrogens is 3. The molecular formula is C18H25N5O4. The molecule has 27 heavy (non-hydrogen) atoms. The summed E-state index contributed by atoms with van der Waals surface area (Å²) in [6.45, 7) is 1.75. The Bertz CT molecular complexity index is 788. The van der Waals surface area contributed by atoms with Crippen LogP contribution in [0.4, 0.5) is 10.6 Å². The Kier molecular flexibility index (Phi) is 6.12. The van der Waals surface area contributed by atoms with Gasteiger partial charge in [-0.2, -0.15) is 5.10 Å². The Morgan fingerprint density at radius 1 is 1.30 bits per heavy atom. The molecule has 0 unspecified atom stereocenters. The van der Waals surface area contributed by atoms with Crippen LogP contribution >= 0.6 is 0 Å². The van der Waals surface area contributed by atoms with Gasteiger partial charge in [-0.3, -0.25) is 10.00 Å². The molecule has 1 fully saturated rings. The van der Waals surface area contributed by atoms with Gasteiger partial charge in [-0.05, 0) is 24.8 Å². The summed E-state index contributed by atoms with van der Waals surface area (Å²) in [4.78, 5) is 16.2. The zero-order chi connectivity index (χ0) is 19.2. The van der Waals surface area contributed by atoms with Crippen molar-refractivity contribution in [2.24, 2.45) is 13.0 Å². The summed E-state index contributed by atoms with van der Waals surface area (Å²) in [6.07, 6.45) is 4.18. The van der Waals surface area contributed by atoms with E-state index < -0.39 is 0 Å². The lowest BCUT2D eigenvalue weighted by Gasteiger charge is -2.08. The van der Waals surface area contributed by atoms with Gasteiger partial charge < -0.3 is 19.5 Å². The molecule has 2 aromatic rings. The van der Waals surface area contributed by atoms with E-state index in [4.69, 9.17) is 14.2 Å². The van der Waals surface area contributed by atoms with Crippen LogP contribution in [0.1, 0.15) is 12.8 Å². The Morgan fingerprint density at radius 2 is 2.11 bits per heavy atom. The van der Waals surface area contributed by atoms with Crippen molar-refractivity contribution in [3.05, 3.63) is 18.3 Å². The maximum atomic E-state index is 12.0.